The Bertz CT molecular complexity index is 748. The van der Waals surface area contributed by atoms with Crippen LogP contribution >= 0.6 is 11.8 Å². The highest BCUT2D eigenvalue weighted by molar-refractivity contribution is 7.99. The molecule has 1 amide bonds. The van der Waals surface area contributed by atoms with Crippen LogP contribution in [0.3, 0.4) is 0 Å². The van der Waals surface area contributed by atoms with Crippen molar-refractivity contribution in [2.45, 2.75) is 32.0 Å². The molecule has 0 spiro atoms. The Balaban J connectivity index is 1.71. The van der Waals surface area contributed by atoms with Gasteiger partial charge in [-0.05, 0) is 18.3 Å². The molecule has 2 atom stereocenters. The number of carbonyl (C=O) groups is 1. The van der Waals surface area contributed by atoms with Gasteiger partial charge in [0, 0.05) is 25.2 Å². The SMILES string of the molecule is C=CCn1c(SCC(=O)N2C[C@@H](C)C[C@H](C)C2)nnc1-c1ccccc1. The molecule has 2 aromatic rings. The number of benzene rings is 1. The van der Waals surface area contributed by atoms with E-state index in [4.69, 9.17) is 0 Å². The number of nitrogens with zero attached hydrogens (tertiary/aromatic N) is 4. The summed E-state index contributed by atoms with van der Waals surface area (Å²) in [7, 11) is 0. The highest BCUT2D eigenvalue weighted by Gasteiger charge is 2.25. The minimum Gasteiger partial charge on any atom is -0.341 e. The minimum absolute atomic E-state index is 0.183. The molecule has 1 saturated heterocycles. The summed E-state index contributed by atoms with van der Waals surface area (Å²) >= 11 is 1.46. The number of thioether (sulfide) groups is 1. The molecule has 1 aromatic carbocycles. The summed E-state index contributed by atoms with van der Waals surface area (Å²) in [4.78, 5) is 14.6. The number of likely N-dealkylation sites (tertiary alicyclic amines) is 1. The van der Waals surface area contributed by atoms with Crippen molar-refractivity contribution in [1.29, 1.82) is 0 Å². The third-order valence-corrected chi connectivity index (χ3v) is 5.56. The molecular weight excluding hydrogens is 344 g/mol. The number of aromatic nitrogens is 3. The van der Waals surface area contributed by atoms with Crippen molar-refractivity contribution >= 4 is 17.7 Å². The van der Waals surface area contributed by atoms with Gasteiger partial charge in [-0.3, -0.25) is 9.36 Å². The predicted molar refractivity (Wildman–Crippen MR) is 106 cm³/mol. The van der Waals surface area contributed by atoms with Gasteiger partial charge < -0.3 is 4.90 Å². The standard InChI is InChI=1S/C20H26N4OS/c1-4-10-24-19(17-8-6-5-7-9-17)21-22-20(24)26-14-18(25)23-12-15(2)11-16(3)13-23/h4-9,15-16H,1,10-14H2,2-3H3/t15-,16-/m0/s1. The van der Waals surface area contributed by atoms with E-state index in [1.165, 1.54) is 18.2 Å². The van der Waals surface area contributed by atoms with Gasteiger partial charge in [0.05, 0.1) is 5.75 Å². The van der Waals surface area contributed by atoms with Crippen LogP contribution in [0.5, 0.6) is 0 Å². The van der Waals surface area contributed by atoms with Crippen LogP contribution in [0.1, 0.15) is 20.3 Å². The van der Waals surface area contributed by atoms with Gasteiger partial charge in [-0.15, -0.1) is 16.8 Å². The number of amides is 1. The fourth-order valence-electron chi connectivity index (χ4n) is 3.57. The van der Waals surface area contributed by atoms with Gasteiger partial charge in [-0.2, -0.15) is 0 Å². The zero-order valence-corrected chi connectivity index (χ0v) is 16.3. The molecule has 0 bridgehead atoms. The molecular formula is C20H26N4OS. The Kier molecular flexibility index (Phi) is 6.14. The van der Waals surface area contributed by atoms with Crippen LogP contribution < -0.4 is 0 Å². The fourth-order valence-corrected chi connectivity index (χ4v) is 4.42. The molecule has 1 aromatic heterocycles. The van der Waals surface area contributed by atoms with Crippen molar-refractivity contribution in [3.8, 4) is 11.4 Å². The first-order valence-electron chi connectivity index (χ1n) is 9.08. The van der Waals surface area contributed by atoms with Crippen LogP contribution in [0.15, 0.2) is 48.1 Å². The number of allylic oxidation sites excluding steroid dienone is 1. The minimum atomic E-state index is 0.183. The molecule has 1 fully saturated rings. The van der Waals surface area contributed by atoms with E-state index in [2.05, 4.69) is 30.6 Å². The number of hydrogen-bond donors (Lipinski definition) is 0. The third-order valence-electron chi connectivity index (χ3n) is 4.61. The Labute approximate surface area is 159 Å². The van der Waals surface area contributed by atoms with Crippen LogP contribution in [0.25, 0.3) is 11.4 Å². The Morgan fingerprint density at radius 3 is 2.58 bits per heavy atom. The highest BCUT2D eigenvalue weighted by atomic mass is 32.2. The maximum absolute atomic E-state index is 12.6. The molecule has 1 aliphatic rings. The van der Waals surface area contributed by atoms with Crippen LogP contribution in [0.2, 0.25) is 0 Å². The van der Waals surface area contributed by atoms with E-state index >= 15 is 0 Å². The lowest BCUT2D eigenvalue weighted by Crippen LogP contribution is -2.43. The second kappa shape index (κ2) is 8.54. The average molecular weight is 371 g/mol. The summed E-state index contributed by atoms with van der Waals surface area (Å²) in [5, 5.41) is 9.41. The second-order valence-corrected chi connectivity index (χ2v) is 8.05. The predicted octanol–water partition coefficient (Wildman–Crippen LogP) is 3.73. The fraction of sp³-hybridized carbons (Fsp3) is 0.450. The Morgan fingerprint density at radius 1 is 1.23 bits per heavy atom. The average Bonchev–Trinajstić information content (AvgIpc) is 3.02. The van der Waals surface area contributed by atoms with E-state index in [9.17, 15) is 4.79 Å². The molecule has 138 valence electrons. The van der Waals surface area contributed by atoms with Crippen LogP contribution in [0.4, 0.5) is 0 Å². The maximum atomic E-state index is 12.6. The van der Waals surface area contributed by atoms with Gasteiger partial charge in [-0.1, -0.05) is 62.0 Å². The van der Waals surface area contributed by atoms with Crippen LogP contribution in [0, 0.1) is 11.8 Å². The van der Waals surface area contributed by atoms with E-state index in [1.54, 1.807) is 0 Å². The largest absolute Gasteiger partial charge is 0.341 e. The van der Waals surface area contributed by atoms with Crippen LogP contribution in [-0.2, 0) is 11.3 Å². The van der Waals surface area contributed by atoms with E-state index in [0.29, 0.717) is 24.1 Å². The molecule has 1 aliphatic heterocycles. The van der Waals surface area contributed by atoms with Gasteiger partial charge in [0.2, 0.25) is 5.91 Å². The summed E-state index contributed by atoms with van der Waals surface area (Å²) in [6.07, 6.45) is 3.03. The molecule has 5 nitrogen and oxygen atoms in total. The van der Waals surface area contributed by atoms with Crippen LogP contribution in [-0.4, -0.2) is 44.4 Å². The van der Waals surface area contributed by atoms with E-state index in [-0.39, 0.29) is 5.91 Å². The molecule has 0 unspecified atom stereocenters. The van der Waals surface area contributed by atoms with Gasteiger partial charge in [-0.25, -0.2) is 0 Å². The highest BCUT2D eigenvalue weighted by Crippen LogP contribution is 2.26. The van der Waals surface area contributed by atoms with Gasteiger partial charge >= 0.3 is 0 Å². The molecule has 0 N–H and O–H groups in total. The molecule has 3 rings (SSSR count). The molecule has 0 radical (unpaired) electrons. The van der Waals surface area contributed by atoms with Crippen molar-refractivity contribution in [3.63, 3.8) is 0 Å². The van der Waals surface area contributed by atoms with E-state index in [1.807, 2.05) is 45.9 Å². The van der Waals surface area contributed by atoms with Crippen molar-refractivity contribution in [2.75, 3.05) is 18.8 Å². The monoisotopic (exact) mass is 370 g/mol. The third kappa shape index (κ3) is 4.36. The molecule has 26 heavy (non-hydrogen) atoms. The summed E-state index contributed by atoms with van der Waals surface area (Å²) < 4.78 is 2.02. The zero-order valence-electron chi connectivity index (χ0n) is 15.5. The number of carbonyl (C=O) groups excluding carboxylic acids is 1. The van der Waals surface area contributed by atoms with E-state index < -0.39 is 0 Å². The summed E-state index contributed by atoms with van der Waals surface area (Å²) in [5.74, 6) is 2.52. The Hall–Kier alpha value is -2.08. The first-order valence-corrected chi connectivity index (χ1v) is 10.1. The smallest absolute Gasteiger partial charge is 0.233 e. The van der Waals surface area contributed by atoms with Crippen molar-refractivity contribution in [1.82, 2.24) is 19.7 Å². The molecule has 2 heterocycles. The lowest BCUT2D eigenvalue weighted by molar-refractivity contribution is -0.130. The first-order chi connectivity index (χ1) is 12.6. The Morgan fingerprint density at radius 2 is 1.92 bits per heavy atom. The second-order valence-electron chi connectivity index (χ2n) is 7.10. The summed E-state index contributed by atoms with van der Waals surface area (Å²) in [6, 6.07) is 9.97. The number of hydrogen-bond acceptors (Lipinski definition) is 4. The lowest BCUT2D eigenvalue weighted by atomic mass is 9.92. The number of rotatable bonds is 6. The van der Waals surface area contributed by atoms with Gasteiger partial charge in [0.25, 0.3) is 0 Å². The summed E-state index contributed by atoms with van der Waals surface area (Å²) in [5.41, 5.74) is 1.01. The summed E-state index contributed by atoms with van der Waals surface area (Å²) in [6.45, 7) is 10.6. The van der Waals surface area contributed by atoms with Crippen molar-refractivity contribution in [3.05, 3.63) is 43.0 Å². The maximum Gasteiger partial charge on any atom is 0.233 e. The van der Waals surface area contributed by atoms with E-state index in [0.717, 1.165) is 29.6 Å². The molecule has 0 saturated carbocycles. The zero-order chi connectivity index (χ0) is 18.5. The normalized spacial score (nSPS) is 20.2. The quantitative estimate of drug-likeness (QED) is 0.574. The van der Waals surface area contributed by atoms with Crippen molar-refractivity contribution in [2.24, 2.45) is 11.8 Å². The lowest BCUT2D eigenvalue weighted by Gasteiger charge is -2.34. The first kappa shape index (κ1) is 18.7. The van der Waals surface area contributed by atoms with Crippen molar-refractivity contribution < 1.29 is 4.79 Å². The topological polar surface area (TPSA) is 51.0 Å². The molecule has 0 aliphatic carbocycles. The van der Waals surface area contributed by atoms with Gasteiger partial charge in [0.1, 0.15) is 0 Å². The molecule has 6 heteroatoms. The number of piperidine rings is 1. The van der Waals surface area contributed by atoms with Gasteiger partial charge in [0.15, 0.2) is 11.0 Å².